The van der Waals surface area contributed by atoms with Crippen LogP contribution in [0.5, 0.6) is 0 Å². The summed E-state index contributed by atoms with van der Waals surface area (Å²) in [7, 11) is 0. The molecule has 0 aliphatic carbocycles. The Kier molecular flexibility index (Phi) is 2.66. The fourth-order valence-corrected chi connectivity index (χ4v) is 2.56. The Morgan fingerprint density at radius 2 is 2.38 bits per heavy atom. The van der Waals surface area contributed by atoms with E-state index in [0.29, 0.717) is 0 Å². The van der Waals surface area contributed by atoms with E-state index in [0.717, 1.165) is 10.3 Å². The Hall–Kier alpha value is -0.390. The maximum absolute atomic E-state index is 5.58. The normalized spacial score (nSPS) is 10.6. The van der Waals surface area contributed by atoms with Gasteiger partial charge in [-0.3, -0.25) is 0 Å². The minimum Gasteiger partial charge on any atom is -0.246 e. The van der Waals surface area contributed by atoms with Gasteiger partial charge in [-0.15, -0.1) is 16.4 Å². The molecule has 0 fully saturated rings. The molecule has 0 aromatic carbocycles. The van der Waals surface area contributed by atoms with Crippen LogP contribution >= 0.6 is 38.9 Å². The van der Waals surface area contributed by atoms with Gasteiger partial charge in [0.15, 0.2) is 0 Å². The van der Waals surface area contributed by atoms with Crippen molar-refractivity contribution in [2.24, 2.45) is 0 Å². The van der Waals surface area contributed by atoms with Crippen molar-refractivity contribution in [3.8, 4) is 0 Å². The van der Waals surface area contributed by atoms with Crippen molar-refractivity contribution >= 4 is 38.9 Å². The highest BCUT2D eigenvalue weighted by Crippen LogP contribution is 2.22. The van der Waals surface area contributed by atoms with Crippen LogP contribution in [0.4, 0.5) is 0 Å². The molecule has 0 unspecified atom stereocenters. The van der Waals surface area contributed by atoms with E-state index in [1.54, 1.807) is 22.3 Å². The maximum Gasteiger partial charge on any atom is 0.242 e. The first kappa shape index (κ1) is 9.18. The van der Waals surface area contributed by atoms with Gasteiger partial charge < -0.3 is 0 Å². The second kappa shape index (κ2) is 3.77. The van der Waals surface area contributed by atoms with E-state index in [4.69, 9.17) is 11.6 Å². The predicted molar refractivity (Wildman–Crippen MR) is 56.2 cm³/mol. The summed E-state index contributed by atoms with van der Waals surface area (Å²) in [5.74, 6) is 0. The molecule has 2 heterocycles. The molecule has 2 aromatic rings. The fourth-order valence-electron chi connectivity index (χ4n) is 0.944. The first-order valence-electron chi connectivity index (χ1n) is 3.53. The molecular weight excluding hydrogens is 274 g/mol. The van der Waals surface area contributed by atoms with Gasteiger partial charge >= 0.3 is 0 Å². The van der Waals surface area contributed by atoms with Crippen LogP contribution < -0.4 is 0 Å². The highest BCUT2D eigenvalue weighted by molar-refractivity contribution is 9.11. The van der Waals surface area contributed by atoms with Crippen LogP contribution in [-0.2, 0) is 6.54 Å². The van der Waals surface area contributed by atoms with Crippen molar-refractivity contribution in [1.29, 1.82) is 0 Å². The molecule has 0 spiro atoms. The Morgan fingerprint density at radius 1 is 1.54 bits per heavy atom. The first-order valence-corrected chi connectivity index (χ1v) is 5.52. The van der Waals surface area contributed by atoms with Gasteiger partial charge in [0.2, 0.25) is 5.28 Å². The van der Waals surface area contributed by atoms with Crippen molar-refractivity contribution in [2.75, 3.05) is 0 Å². The first-order chi connectivity index (χ1) is 6.24. The number of thiophene rings is 1. The predicted octanol–water partition coefficient (Wildman–Crippen LogP) is 2.80. The van der Waals surface area contributed by atoms with E-state index in [1.165, 1.54) is 4.88 Å². The molecule has 0 N–H and O–H groups in total. The van der Waals surface area contributed by atoms with Crippen LogP contribution in [-0.4, -0.2) is 14.8 Å². The highest BCUT2D eigenvalue weighted by atomic mass is 79.9. The summed E-state index contributed by atoms with van der Waals surface area (Å²) in [6.45, 7) is 0.718. The second-order valence-electron chi connectivity index (χ2n) is 2.42. The monoisotopic (exact) mass is 277 g/mol. The lowest BCUT2D eigenvalue weighted by atomic mass is 10.5. The van der Waals surface area contributed by atoms with Crippen LogP contribution in [0.2, 0.25) is 5.28 Å². The van der Waals surface area contributed by atoms with Gasteiger partial charge in [0.1, 0.15) is 6.33 Å². The van der Waals surface area contributed by atoms with Gasteiger partial charge in [-0.2, -0.15) is 0 Å². The summed E-state index contributed by atoms with van der Waals surface area (Å²) in [6, 6.07) is 4.06. The molecule has 2 rings (SSSR count). The van der Waals surface area contributed by atoms with Crippen molar-refractivity contribution in [3.05, 3.63) is 32.4 Å². The zero-order chi connectivity index (χ0) is 9.26. The summed E-state index contributed by atoms with van der Waals surface area (Å²) >= 11 is 10.7. The van der Waals surface area contributed by atoms with Gasteiger partial charge in [0.05, 0.1) is 10.3 Å². The lowest BCUT2D eigenvalue weighted by Gasteiger charge is -1.94. The summed E-state index contributed by atoms with van der Waals surface area (Å²) in [4.78, 5) is 5.05. The van der Waals surface area contributed by atoms with Crippen LogP contribution in [0.25, 0.3) is 0 Å². The van der Waals surface area contributed by atoms with E-state index in [9.17, 15) is 0 Å². The Balaban J connectivity index is 2.14. The van der Waals surface area contributed by atoms with Crippen LogP contribution in [0.1, 0.15) is 4.88 Å². The second-order valence-corrected chi connectivity index (χ2v) is 5.30. The third kappa shape index (κ3) is 2.30. The largest absolute Gasteiger partial charge is 0.246 e. The number of aromatic nitrogens is 3. The maximum atomic E-state index is 5.58. The van der Waals surface area contributed by atoms with Crippen molar-refractivity contribution in [3.63, 3.8) is 0 Å². The van der Waals surface area contributed by atoms with Gasteiger partial charge in [0, 0.05) is 4.88 Å². The van der Waals surface area contributed by atoms with Crippen molar-refractivity contribution in [1.82, 2.24) is 14.8 Å². The number of nitrogens with zero attached hydrogens (tertiary/aromatic N) is 3. The minimum absolute atomic E-state index is 0.288. The molecule has 13 heavy (non-hydrogen) atoms. The van der Waals surface area contributed by atoms with Crippen LogP contribution in [0.15, 0.2) is 22.2 Å². The molecule has 3 nitrogen and oxygen atoms in total. The Bertz CT molecular complexity index is 373. The topological polar surface area (TPSA) is 30.7 Å². The molecule has 0 radical (unpaired) electrons. The molecular formula is C7H5BrClN3S. The van der Waals surface area contributed by atoms with E-state index < -0.39 is 0 Å². The van der Waals surface area contributed by atoms with Gasteiger partial charge in [-0.25, -0.2) is 9.67 Å². The number of halogens is 2. The lowest BCUT2D eigenvalue weighted by Crippen LogP contribution is -1.97. The third-order valence-corrected chi connectivity index (χ3v) is 3.24. The number of hydrogen-bond donors (Lipinski definition) is 0. The fraction of sp³-hybridized carbons (Fsp3) is 0.143. The molecule has 0 aliphatic rings. The van der Waals surface area contributed by atoms with Gasteiger partial charge in [-0.1, -0.05) is 0 Å². The van der Waals surface area contributed by atoms with E-state index in [1.807, 2.05) is 12.1 Å². The van der Waals surface area contributed by atoms with Crippen LogP contribution in [0, 0.1) is 0 Å². The molecule has 2 aromatic heterocycles. The number of hydrogen-bond acceptors (Lipinski definition) is 3. The number of rotatable bonds is 2. The smallest absolute Gasteiger partial charge is 0.242 e. The summed E-state index contributed by atoms with van der Waals surface area (Å²) in [5, 5.41) is 4.27. The molecule has 0 atom stereocenters. The standard InChI is InChI=1S/C7H5BrClN3S/c8-6-2-1-5(13-6)3-12-4-10-7(9)11-12/h1-2,4H,3H2. The molecule has 0 amide bonds. The molecule has 6 heteroatoms. The summed E-state index contributed by atoms with van der Waals surface area (Å²) in [5.41, 5.74) is 0. The molecule has 0 bridgehead atoms. The van der Waals surface area contributed by atoms with E-state index in [2.05, 4.69) is 26.0 Å². The summed E-state index contributed by atoms with van der Waals surface area (Å²) < 4.78 is 2.83. The van der Waals surface area contributed by atoms with Gasteiger partial charge in [-0.05, 0) is 39.7 Å². The Morgan fingerprint density at radius 3 is 2.92 bits per heavy atom. The third-order valence-electron chi connectivity index (χ3n) is 1.46. The molecule has 0 aliphatic heterocycles. The SMILES string of the molecule is Clc1ncn(Cc2ccc(Br)s2)n1. The minimum atomic E-state index is 0.288. The Labute approximate surface area is 92.5 Å². The zero-order valence-electron chi connectivity index (χ0n) is 6.44. The van der Waals surface area contributed by atoms with E-state index in [-0.39, 0.29) is 5.28 Å². The lowest BCUT2D eigenvalue weighted by molar-refractivity contribution is 0.693. The quantitative estimate of drug-likeness (QED) is 0.846. The zero-order valence-corrected chi connectivity index (χ0v) is 9.60. The highest BCUT2D eigenvalue weighted by Gasteiger charge is 2.00. The van der Waals surface area contributed by atoms with Crippen molar-refractivity contribution < 1.29 is 0 Å². The molecule has 0 saturated carbocycles. The average Bonchev–Trinajstić information content (AvgIpc) is 2.62. The molecule has 0 saturated heterocycles. The van der Waals surface area contributed by atoms with Gasteiger partial charge in [0.25, 0.3) is 0 Å². The average molecular weight is 279 g/mol. The van der Waals surface area contributed by atoms with E-state index >= 15 is 0 Å². The molecule has 68 valence electrons. The van der Waals surface area contributed by atoms with Crippen molar-refractivity contribution in [2.45, 2.75) is 6.54 Å². The van der Waals surface area contributed by atoms with Crippen LogP contribution in [0.3, 0.4) is 0 Å². The summed E-state index contributed by atoms with van der Waals surface area (Å²) in [6.07, 6.45) is 1.62.